The van der Waals surface area contributed by atoms with Crippen molar-refractivity contribution >= 4 is 50.8 Å². The Bertz CT molecular complexity index is 905. The predicted octanol–water partition coefficient (Wildman–Crippen LogP) is 4.42. The number of thiazole rings is 1. The van der Waals surface area contributed by atoms with Gasteiger partial charge in [-0.3, -0.25) is 4.79 Å². The van der Waals surface area contributed by atoms with E-state index < -0.39 is 5.25 Å². The summed E-state index contributed by atoms with van der Waals surface area (Å²) in [6.45, 7) is -0.0157. The second-order valence-electron chi connectivity index (χ2n) is 4.88. The van der Waals surface area contributed by atoms with Gasteiger partial charge in [-0.25, -0.2) is 4.98 Å². The highest BCUT2D eigenvalue weighted by molar-refractivity contribution is 8.02. The highest BCUT2D eigenvalue weighted by Crippen LogP contribution is 2.39. The molecule has 0 aliphatic heterocycles. The standard InChI is InChI=1S/C17H12ClN3OS2/c18-12-6-7-14-13(10-12)21-17(23-14)24-15(16(22)20-9-8-19)11-4-2-1-3-5-11/h1-7,10,15H,9H2,(H,20,22). The molecule has 0 spiro atoms. The highest BCUT2D eigenvalue weighted by atomic mass is 35.5. The average molecular weight is 374 g/mol. The van der Waals surface area contributed by atoms with Crippen molar-refractivity contribution in [2.24, 2.45) is 0 Å². The summed E-state index contributed by atoms with van der Waals surface area (Å²) in [6.07, 6.45) is 0. The minimum atomic E-state index is -0.462. The molecule has 2 aromatic carbocycles. The number of nitriles is 1. The van der Waals surface area contributed by atoms with Gasteiger partial charge in [0.15, 0.2) is 4.34 Å². The molecule has 0 radical (unpaired) electrons. The molecule has 1 aromatic heterocycles. The number of rotatable bonds is 5. The average Bonchev–Trinajstić information content (AvgIpc) is 3.00. The fourth-order valence-electron chi connectivity index (χ4n) is 2.15. The summed E-state index contributed by atoms with van der Waals surface area (Å²) in [6, 6.07) is 17.0. The normalized spacial score (nSPS) is 11.8. The van der Waals surface area contributed by atoms with Crippen molar-refractivity contribution in [3.63, 3.8) is 0 Å². The Balaban J connectivity index is 1.90. The number of fused-ring (bicyclic) bond motifs is 1. The van der Waals surface area contributed by atoms with Gasteiger partial charge in [-0.15, -0.1) is 11.3 Å². The van der Waals surface area contributed by atoms with E-state index in [0.717, 1.165) is 20.1 Å². The Kier molecular flexibility index (Phi) is 5.36. The SMILES string of the molecule is N#CCNC(=O)C(Sc1nc2cc(Cl)ccc2s1)c1ccccc1. The third-order valence-corrected chi connectivity index (χ3v) is 5.85. The van der Waals surface area contributed by atoms with E-state index in [1.807, 2.05) is 54.6 Å². The molecular formula is C17H12ClN3OS2. The first-order valence-corrected chi connectivity index (χ1v) is 9.17. The van der Waals surface area contributed by atoms with Crippen LogP contribution in [0.1, 0.15) is 10.8 Å². The van der Waals surface area contributed by atoms with Gasteiger partial charge in [0.1, 0.15) is 11.8 Å². The van der Waals surface area contributed by atoms with E-state index in [2.05, 4.69) is 10.3 Å². The van der Waals surface area contributed by atoms with Gasteiger partial charge < -0.3 is 5.32 Å². The predicted molar refractivity (Wildman–Crippen MR) is 98.3 cm³/mol. The number of aromatic nitrogens is 1. The maximum absolute atomic E-state index is 12.4. The number of amides is 1. The summed E-state index contributed by atoms with van der Waals surface area (Å²) in [5, 5.41) is 11.5. The zero-order chi connectivity index (χ0) is 16.9. The largest absolute Gasteiger partial charge is 0.342 e. The van der Waals surface area contributed by atoms with Gasteiger partial charge in [-0.1, -0.05) is 53.7 Å². The van der Waals surface area contributed by atoms with Crippen molar-refractivity contribution in [2.45, 2.75) is 9.59 Å². The number of nitrogens with one attached hydrogen (secondary N) is 1. The van der Waals surface area contributed by atoms with Crippen LogP contribution in [0.15, 0.2) is 52.9 Å². The van der Waals surface area contributed by atoms with Gasteiger partial charge >= 0.3 is 0 Å². The Labute approximate surface area is 152 Å². The first-order valence-electron chi connectivity index (χ1n) is 7.10. The molecule has 120 valence electrons. The van der Waals surface area contributed by atoms with Crippen LogP contribution < -0.4 is 5.32 Å². The molecule has 1 heterocycles. The Hall–Kier alpha value is -2.07. The van der Waals surface area contributed by atoms with Crippen LogP contribution in [0.4, 0.5) is 0 Å². The smallest absolute Gasteiger partial charge is 0.238 e. The molecular weight excluding hydrogens is 362 g/mol. The van der Waals surface area contributed by atoms with Crippen LogP contribution in [0.3, 0.4) is 0 Å². The van der Waals surface area contributed by atoms with E-state index in [1.165, 1.54) is 23.1 Å². The van der Waals surface area contributed by atoms with Crippen LogP contribution in [-0.4, -0.2) is 17.4 Å². The monoisotopic (exact) mass is 373 g/mol. The van der Waals surface area contributed by atoms with Crippen molar-refractivity contribution in [3.05, 3.63) is 59.1 Å². The summed E-state index contributed by atoms with van der Waals surface area (Å²) in [4.78, 5) is 17.0. The maximum Gasteiger partial charge on any atom is 0.238 e. The van der Waals surface area contributed by atoms with Crippen molar-refractivity contribution in [3.8, 4) is 6.07 Å². The maximum atomic E-state index is 12.4. The van der Waals surface area contributed by atoms with Gasteiger partial charge in [0.2, 0.25) is 5.91 Å². The van der Waals surface area contributed by atoms with Crippen LogP contribution in [-0.2, 0) is 4.79 Å². The lowest BCUT2D eigenvalue weighted by Gasteiger charge is -2.14. The van der Waals surface area contributed by atoms with Crippen LogP contribution in [0.2, 0.25) is 5.02 Å². The van der Waals surface area contributed by atoms with E-state index in [0.29, 0.717) is 5.02 Å². The molecule has 3 rings (SSSR count). The van der Waals surface area contributed by atoms with Crippen molar-refractivity contribution in [2.75, 3.05) is 6.54 Å². The quantitative estimate of drug-likeness (QED) is 0.531. The number of nitrogens with zero attached hydrogens (tertiary/aromatic N) is 2. The second kappa shape index (κ2) is 7.67. The van der Waals surface area contributed by atoms with E-state index in [-0.39, 0.29) is 12.5 Å². The van der Waals surface area contributed by atoms with Crippen LogP contribution in [0.5, 0.6) is 0 Å². The molecule has 0 bridgehead atoms. The third-order valence-electron chi connectivity index (χ3n) is 3.23. The second-order valence-corrected chi connectivity index (χ2v) is 7.70. The van der Waals surface area contributed by atoms with Crippen molar-refractivity contribution in [1.82, 2.24) is 10.3 Å². The van der Waals surface area contributed by atoms with Crippen molar-refractivity contribution in [1.29, 1.82) is 5.26 Å². The molecule has 0 aliphatic carbocycles. The summed E-state index contributed by atoms with van der Waals surface area (Å²) in [5.74, 6) is -0.204. The van der Waals surface area contributed by atoms with Gasteiger partial charge in [0, 0.05) is 5.02 Å². The number of hydrogen-bond donors (Lipinski definition) is 1. The summed E-state index contributed by atoms with van der Waals surface area (Å²) in [7, 11) is 0. The Morgan fingerprint density at radius 3 is 2.88 bits per heavy atom. The lowest BCUT2D eigenvalue weighted by atomic mass is 10.1. The Morgan fingerprint density at radius 2 is 2.12 bits per heavy atom. The van der Waals surface area contributed by atoms with E-state index in [4.69, 9.17) is 16.9 Å². The van der Waals surface area contributed by atoms with Gasteiger partial charge in [0.05, 0.1) is 16.3 Å². The molecule has 0 saturated heterocycles. The van der Waals surface area contributed by atoms with E-state index in [1.54, 1.807) is 0 Å². The third kappa shape index (κ3) is 3.88. The first-order chi connectivity index (χ1) is 11.7. The van der Waals surface area contributed by atoms with Gasteiger partial charge in [-0.2, -0.15) is 5.26 Å². The van der Waals surface area contributed by atoms with Crippen LogP contribution in [0.25, 0.3) is 10.2 Å². The molecule has 1 amide bonds. The molecule has 0 fully saturated rings. The molecule has 0 saturated carbocycles. The number of carbonyl (C=O) groups is 1. The zero-order valence-corrected chi connectivity index (χ0v) is 14.8. The topological polar surface area (TPSA) is 65.8 Å². The van der Waals surface area contributed by atoms with Crippen molar-refractivity contribution < 1.29 is 4.79 Å². The molecule has 1 atom stereocenters. The molecule has 4 nitrogen and oxygen atoms in total. The minimum Gasteiger partial charge on any atom is -0.342 e. The van der Waals surface area contributed by atoms with Crippen LogP contribution >= 0.6 is 34.7 Å². The van der Waals surface area contributed by atoms with Crippen LogP contribution in [0, 0.1) is 11.3 Å². The number of carbonyl (C=O) groups excluding carboxylic acids is 1. The fourth-order valence-corrected chi connectivity index (χ4v) is 4.58. The fraction of sp³-hybridized carbons (Fsp3) is 0.118. The number of thioether (sulfide) groups is 1. The molecule has 3 aromatic rings. The zero-order valence-electron chi connectivity index (χ0n) is 12.4. The van der Waals surface area contributed by atoms with Gasteiger partial charge in [-0.05, 0) is 23.8 Å². The molecule has 24 heavy (non-hydrogen) atoms. The summed E-state index contributed by atoms with van der Waals surface area (Å²) in [5.41, 5.74) is 1.69. The highest BCUT2D eigenvalue weighted by Gasteiger charge is 2.23. The summed E-state index contributed by atoms with van der Waals surface area (Å²) < 4.78 is 1.80. The Morgan fingerprint density at radius 1 is 1.33 bits per heavy atom. The first kappa shape index (κ1) is 16.8. The lowest BCUT2D eigenvalue weighted by molar-refractivity contribution is -0.120. The van der Waals surface area contributed by atoms with Gasteiger partial charge in [0.25, 0.3) is 0 Å². The molecule has 1 unspecified atom stereocenters. The van der Waals surface area contributed by atoms with E-state index in [9.17, 15) is 4.79 Å². The number of halogens is 1. The minimum absolute atomic E-state index is 0.0157. The van der Waals surface area contributed by atoms with E-state index >= 15 is 0 Å². The number of benzene rings is 2. The molecule has 0 aliphatic rings. The lowest BCUT2D eigenvalue weighted by Crippen LogP contribution is -2.28. The number of hydrogen-bond acceptors (Lipinski definition) is 5. The molecule has 7 heteroatoms. The summed E-state index contributed by atoms with van der Waals surface area (Å²) >= 11 is 8.89. The molecule has 1 N–H and O–H groups in total.